The number of rotatable bonds is 6. The van der Waals surface area contributed by atoms with Gasteiger partial charge in [0.15, 0.2) is 5.69 Å². The summed E-state index contributed by atoms with van der Waals surface area (Å²) in [5, 5.41) is 26.4. The number of hydrogen-bond acceptors (Lipinski definition) is 6. The number of benzene rings is 1. The van der Waals surface area contributed by atoms with Gasteiger partial charge in [0.25, 0.3) is 5.69 Å². The van der Waals surface area contributed by atoms with E-state index < -0.39 is 10.9 Å². The summed E-state index contributed by atoms with van der Waals surface area (Å²) in [7, 11) is 0. The fraction of sp³-hybridized carbons (Fsp3) is 0.250. The lowest BCUT2D eigenvalue weighted by atomic mass is 10.2. The number of aromatic carboxylic acids is 1. The quantitative estimate of drug-likeness (QED) is 0.628. The van der Waals surface area contributed by atoms with Crippen LogP contribution in [0.3, 0.4) is 0 Å². The summed E-state index contributed by atoms with van der Waals surface area (Å²) in [4.78, 5) is 20.8. The van der Waals surface area contributed by atoms with Gasteiger partial charge in [-0.15, -0.1) is 5.10 Å². The molecular weight excluding hydrogens is 280 g/mol. The number of non-ortho nitro benzene ring substituents is 1. The zero-order valence-electron chi connectivity index (χ0n) is 11.1. The highest BCUT2D eigenvalue weighted by atomic mass is 16.6. The second-order valence-electron chi connectivity index (χ2n) is 4.23. The van der Waals surface area contributed by atoms with Crippen LogP contribution in [-0.2, 0) is 6.54 Å². The fourth-order valence-electron chi connectivity index (χ4n) is 1.66. The number of nitro groups is 1. The van der Waals surface area contributed by atoms with Crippen molar-refractivity contribution in [3.8, 4) is 5.75 Å². The van der Waals surface area contributed by atoms with Gasteiger partial charge in [0.1, 0.15) is 12.4 Å². The summed E-state index contributed by atoms with van der Waals surface area (Å²) < 4.78 is 6.84. The molecule has 0 amide bonds. The van der Waals surface area contributed by atoms with Crippen LogP contribution in [0.15, 0.2) is 24.4 Å². The highest BCUT2D eigenvalue weighted by Crippen LogP contribution is 2.23. The maximum absolute atomic E-state index is 10.6. The number of carbonyl (C=O) groups is 1. The van der Waals surface area contributed by atoms with Crippen LogP contribution in [0.2, 0.25) is 0 Å². The molecule has 0 fully saturated rings. The monoisotopic (exact) mass is 292 g/mol. The Morgan fingerprint density at radius 1 is 1.52 bits per heavy atom. The van der Waals surface area contributed by atoms with Gasteiger partial charge < -0.3 is 9.84 Å². The number of carboxylic acids is 1. The Morgan fingerprint density at radius 2 is 2.29 bits per heavy atom. The molecule has 0 atom stereocenters. The van der Waals surface area contributed by atoms with Crippen LogP contribution in [0.1, 0.15) is 16.1 Å². The van der Waals surface area contributed by atoms with Crippen LogP contribution in [-0.4, -0.2) is 37.6 Å². The van der Waals surface area contributed by atoms with Crippen molar-refractivity contribution < 1.29 is 19.6 Å². The van der Waals surface area contributed by atoms with Gasteiger partial charge in [-0.05, 0) is 18.6 Å². The standard InChI is InChI=1S/C12H12N4O5/c1-8-6-9(16(19)20)2-3-11(8)21-5-4-15-7-10(12(17)18)13-14-15/h2-3,6-7H,4-5H2,1H3,(H,17,18). The zero-order valence-corrected chi connectivity index (χ0v) is 11.1. The number of nitro benzene ring substituents is 1. The van der Waals surface area contributed by atoms with Crippen molar-refractivity contribution in [3.63, 3.8) is 0 Å². The largest absolute Gasteiger partial charge is 0.491 e. The SMILES string of the molecule is Cc1cc([N+](=O)[O-])ccc1OCCn1cc(C(=O)O)nn1. The molecule has 110 valence electrons. The number of aromatic nitrogens is 3. The van der Waals surface area contributed by atoms with E-state index >= 15 is 0 Å². The molecule has 0 bridgehead atoms. The number of carboxylic acid groups (broad SMARTS) is 1. The van der Waals surface area contributed by atoms with Gasteiger partial charge in [0, 0.05) is 12.1 Å². The molecule has 0 aliphatic carbocycles. The second-order valence-corrected chi connectivity index (χ2v) is 4.23. The molecule has 0 aliphatic rings. The number of aryl methyl sites for hydroxylation is 1. The number of hydrogen-bond donors (Lipinski definition) is 1. The molecule has 9 heteroatoms. The topological polar surface area (TPSA) is 120 Å². The summed E-state index contributed by atoms with van der Waals surface area (Å²) in [6.45, 7) is 2.26. The van der Waals surface area contributed by atoms with Crippen LogP contribution in [0.4, 0.5) is 5.69 Å². The van der Waals surface area contributed by atoms with Crippen molar-refractivity contribution in [1.82, 2.24) is 15.0 Å². The molecular formula is C12H12N4O5. The third-order valence-corrected chi connectivity index (χ3v) is 2.71. The molecule has 9 nitrogen and oxygen atoms in total. The lowest BCUT2D eigenvalue weighted by molar-refractivity contribution is -0.384. The Bertz CT molecular complexity index is 682. The molecule has 0 saturated heterocycles. The van der Waals surface area contributed by atoms with E-state index in [4.69, 9.17) is 9.84 Å². The Kier molecular flexibility index (Phi) is 4.12. The van der Waals surface area contributed by atoms with E-state index in [2.05, 4.69) is 10.3 Å². The van der Waals surface area contributed by atoms with Gasteiger partial charge in [-0.25, -0.2) is 9.48 Å². The highest BCUT2D eigenvalue weighted by molar-refractivity contribution is 5.84. The molecule has 2 rings (SSSR count). The van der Waals surface area contributed by atoms with Gasteiger partial charge in [-0.1, -0.05) is 5.21 Å². The van der Waals surface area contributed by atoms with Gasteiger partial charge in [0.05, 0.1) is 17.7 Å². The molecule has 1 heterocycles. The highest BCUT2D eigenvalue weighted by Gasteiger charge is 2.10. The predicted octanol–water partition coefficient (Wildman–Crippen LogP) is 1.27. The number of nitrogens with zero attached hydrogens (tertiary/aromatic N) is 4. The van der Waals surface area contributed by atoms with Crippen LogP contribution in [0.5, 0.6) is 5.75 Å². The molecule has 0 radical (unpaired) electrons. The van der Waals surface area contributed by atoms with Crippen molar-refractivity contribution >= 4 is 11.7 Å². The lowest BCUT2D eigenvalue weighted by Gasteiger charge is -2.08. The molecule has 2 aromatic rings. The second kappa shape index (κ2) is 5.99. The first-order valence-corrected chi connectivity index (χ1v) is 5.98. The van der Waals surface area contributed by atoms with E-state index in [0.717, 1.165) is 0 Å². The maximum atomic E-state index is 10.6. The first kappa shape index (κ1) is 14.4. The van der Waals surface area contributed by atoms with E-state index in [-0.39, 0.29) is 18.0 Å². The van der Waals surface area contributed by atoms with Crippen molar-refractivity contribution in [1.29, 1.82) is 0 Å². The molecule has 1 N–H and O–H groups in total. The van der Waals surface area contributed by atoms with Crippen molar-refractivity contribution in [2.75, 3.05) is 6.61 Å². The smallest absolute Gasteiger partial charge is 0.358 e. The first-order chi connectivity index (χ1) is 9.97. The van der Waals surface area contributed by atoms with Crippen LogP contribution >= 0.6 is 0 Å². The molecule has 0 aliphatic heterocycles. The van der Waals surface area contributed by atoms with E-state index in [1.54, 1.807) is 6.92 Å². The third-order valence-electron chi connectivity index (χ3n) is 2.71. The fourth-order valence-corrected chi connectivity index (χ4v) is 1.66. The molecule has 0 spiro atoms. The van der Waals surface area contributed by atoms with Crippen LogP contribution in [0, 0.1) is 17.0 Å². The van der Waals surface area contributed by atoms with Gasteiger partial charge in [-0.2, -0.15) is 0 Å². The Balaban J connectivity index is 1.93. The van der Waals surface area contributed by atoms with Crippen molar-refractivity contribution in [3.05, 3.63) is 45.8 Å². The molecule has 0 unspecified atom stereocenters. The molecule has 21 heavy (non-hydrogen) atoms. The van der Waals surface area contributed by atoms with Crippen molar-refractivity contribution in [2.45, 2.75) is 13.5 Å². The minimum absolute atomic E-state index is 0.00206. The van der Waals surface area contributed by atoms with Crippen LogP contribution < -0.4 is 4.74 Å². The average Bonchev–Trinajstić information content (AvgIpc) is 2.89. The first-order valence-electron chi connectivity index (χ1n) is 5.98. The van der Waals surface area contributed by atoms with Gasteiger partial charge in [0.2, 0.25) is 0 Å². The minimum atomic E-state index is -1.15. The zero-order chi connectivity index (χ0) is 15.4. The van der Waals surface area contributed by atoms with Crippen LogP contribution in [0.25, 0.3) is 0 Å². The van der Waals surface area contributed by atoms with E-state index in [0.29, 0.717) is 17.9 Å². The summed E-state index contributed by atoms with van der Waals surface area (Å²) in [6.07, 6.45) is 1.30. The average molecular weight is 292 g/mol. The summed E-state index contributed by atoms with van der Waals surface area (Å²) in [5.74, 6) is -0.618. The predicted molar refractivity (Wildman–Crippen MR) is 70.3 cm³/mol. The Morgan fingerprint density at radius 3 is 2.86 bits per heavy atom. The van der Waals surface area contributed by atoms with E-state index in [1.165, 1.54) is 29.1 Å². The van der Waals surface area contributed by atoms with Gasteiger partial charge in [-0.3, -0.25) is 10.1 Å². The summed E-state index contributed by atoms with van der Waals surface area (Å²) in [5.41, 5.74) is 0.512. The van der Waals surface area contributed by atoms with Gasteiger partial charge >= 0.3 is 5.97 Å². The summed E-state index contributed by atoms with van der Waals surface area (Å²) >= 11 is 0. The molecule has 1 aromatic heterocycles. The molecule has 1 aromatic carbocycles. The number of ether oxygens (including phenoxy) is 1. The normalized spacial score (nSPS) is 10.3. The maximum Gasteiger partial charge on any atom is 0.358 e. The minimum Gasteiger partial charge on any atom is -0.491 e. The summed E-state index contributed by atoms with van der Waals surface area (Å²) in [6, 6.07) is 4.31. The van der Waals surface area contributed by atoms with Crippen molar-refractivity contribution in [2.24, 2.45) is 0 Å². The molecule has 0 saturated carbocycles. The Labute approximate surface area is 118 Å². The third kappa shape index (κ3) is 3.53. The lowest BCUT2D eigenvalue weighted by Crippen LogP contribution is -2.09. The Hall–Kier alpha value is -2.97. The van der Waals surface area contributed by atoms with E-state index in [9.17, 15) is 14.9 Å². The van der Waals surface area contributed by atoms with E-state index in [1.807, 2.05) is 0 Å².